The van der Waals surface area contributed by atoms with E-state index >= 15 is 0 Å². The van der Waals surface area contributed by atoms with Gasteiger partial charge in [-0.25, -0.2) is 9.97 Å². The molecule has 1 amide bonds. The van der Waals surface area contributed by atoms with Gasteiger partial charge in [-0.05, 0) is 32.8 Å². The Kier molecular flexibility index (Phi) is 5.01. The first-order valence-electron chi connectivity index (χ1n) is 8.64. The molecular formula is C18H23N4O3-. The number of aliphatic carboxylic acids is 1. The van der Waals surface area contributed by atoms with E-state index in [0.29, 0.717) is 45.0 Å². The van der Waals surface area contributed by atoms with E-state index in [4.69, 9.17) is 0 Å². The maximum absolute atomic E-state index is 12.9. The highest BCUT2D eigenvalue weighted by atomic mass is 16.4. The summed E-state index contributed by atoms with van der Waals surface area (Å²) in [7, 11) is 0. The summed E-state index contributed by atoms with van der Waals surface area (Å²) in [6.45, 7) is 6.30. The molecule has 7 heteroatoms. The van der Waals surface area contributed by atoms with Crippen LogP contribution < -0.4 is 10.0 Å². The minimum absolute atomic E-state index is 0.0744. The maximum atomic E-state index is 12.9. The van der Waals surface area contributed by atoms with Crippen molar-refractivity contribution in [1.29, 1.82) is 0 Å². The Morgan fingerprint density at radius 1 is 1.00 bits per heavy atom. The van der Waals surface area contributed by atoms with E-state index in [-0.39, 0.29) is 5.91 Å². The summed E-state index contributed by atoms with van der Waals surface area (Å²) in [6, 6.07) is 1.77. The zero-order valence-electron chi connectivity index (χ0n) is 14.6. The van der Waals surface area contributed by atoms with Gasteiger partial charge in [-0.2, -0.15) is 0 Å². The number of allylic oxidation sites excluding steroid dienone is 2. The maximum Gasteiger partial charge on any atom is 0.226 e. The number of carboxylic acids is 1. The van der Waals surface area contributed by atoms with Gasteiger partial charge in [0.05, 0.1) is 5.92 Å². The van der Waals surface area contributed by atoms with Gasteiger partial charge < -0.3 is 19.7 Å². The van der Waals surface area contributed by atoms with E-state index < -0.39 is 17.8 Å². The summed E-state index contributed by atoms with van der Waals surface area (Å²) in [5.41, 5.74) is 2.18. The van der Waals surface area contributed by atoms with Crippen LogP contribution in [0.15, 0.2) is 29.6 Å². The molecule has 7 nitrogen and oxygen atoms in total. The van der Waals surface area contributed by atoms with E-state index in [1.54, 1.807) is 23.4 Å². The molecule has 0 N–H and O–H groups in total. The van der Waals surface area contributed by atoms with Crippen molar-refractivity contribution in [2.45, 2.75) is 26.7 Å². The summed E-state index contributed by atoms with van der Waals surface area (Å²) >= 11 is 0. The van der Waals surface area contributed by atoms with Crippen LogP contribution >= 0.6 is 0 Å². The molecule has 0 saturated carbocycles. The van der Waals surface area contributed by atoms with E-state index in [0.717, 1.165) is 11.1 Å². The molecule has 1 aliphatic heterocycles. The number of piperazine rings is 1. The van der Waals surface area contributed by atoms with Crippen LogP contribution in [-0.2, 0) is 9.59 Å². The van der Waals surface area contributed by atoms with Crippen LogP contribution in [0.25, 0.3) is 0 Å². The number of carboxylic acid groups (broad SMARTS) is 1. The zero-order chi connectivity index (χ0) is 18.0. The Morgan fingerprint density at radius 2 is 1.56 bits per heavy atom. The van der Waals surface area contributed by atoms with E-state index in [9.17, 15) is 14.7 Å². The van der Waals surface area contributed by atoms with E-state index in [1.807, 2.05) is 18.7 Å². The SMILES string of the molecule is CC1=C(C)C[C@@H](C(=O)N2CCN(c3ncccn3)CC2)[C@H](C(=O)[O-])C1. The van der Waals surface area contributed by atoms with Crippen molar-refractivity contribution < 1.29 is 14.7 Å². The highest BCUT2D eigenvalue weighted by molar-refractivity contribution is 5.85. The van der Waals surface area contributed by atoms with E-state index in [2.05, 4.69) is 9.97 Å². The molecule has 1 aliphatic carbocycles. The average molecular weight is 343 g/mol. The van der Waals surface area contributed by atoms with Crippen LogP contribution in [0.2, 0.25) is 0 Å². The first-order valence-corrected chi connectivity index (χ1v) is 8.64. The van der Waals surface area contributed by atoms with Crippen LogP contribution in [0.1, 0.15) is 26.7 Å². The molecule has 1 aromatic heterocycles. The lowest BCUT2D eigenvalue weighted by molar-refractivity contribution is -0.313. The molecule has 0 bridgehead atoms. The highest BCUT2D eigenvalue weighted by Crippen LogP contribution is 2.35. The fourth-order valence-electron chi connectivity index (χ4n) is 3.62. The highest BCUT2D eigenvalue weighted by Gasteiger charge is 2.36. The number of rotatable bonds is 3. The smallest absolute Gasteiger partial charge is 0.226 e. The quantitative estimate of drug-likeness (QED) is 0.730. The Labute approximate surface area is 147 Å². The Balaban J connectivity index is 1.66. The summed E-state index contributed by atoms with van der Waals surface area (Å²) in [6.07, 6.45) is 4.31. The second-order valence-electron chi connectivity index (χ2n) is 6.86. The molecule has 1 aromatic rings. The van der Waals surface area contributed by atoms with Gasteiger partial charge in [0.25, 0.3) is 0 Å². The van der Waals surface area contributed by atoms with Gasteiger partial charge in [-0.1, -0.05) is 11.1 Å². The van der Waals surface area contributed by atoms with Crippen LogP contribution in [0.3, 0.4) is 0 Å². The molecule has 0 spiro atoms. The summed E-state index contributed by atoms with van der Waals surface area (Å²) in [4.78, 5) is 36.7. The Bertz CT molecular complexity index is 681. The summed E-state index contributed by atoms with van der Waals surface area (Å²) in [5, 5.41) is 11.5. The van der Waals surface area contributed by atoms with Crippen molar-refractivity contribution in [3.63, 3.8) is 0 Å². The van der Waals surface area contributed by atoms with Gasteiger partial charge in [0.15, 0.2) is 0 Å². The number of hydrogen-bond donors (Lipinski definition) is 0. The second kappa shape index (κ2) is 7.21. The van der Waals surface area contributed by atoms with E-state index in [1.165, 1.54) is 0 Å². The van der Waals surface area contributed by atoms with Gasteiger partial charge in [-0.15, -0.1) is 0 Å². The zero-order valence-corrected chi connectivity index (χ0v) is 14.6. The monoisotopic (exact) mass is 343 g/mol. The van der Waals surface area contributed by atoms with Gasteiger partial charge in [0, 0.05) is 50.5 Å². The standard InChI is InChI=1S/C18H24N4O3/c1-12-10-14(15(17(24)25)11-13(12)2)16(23)21-6-8-22(9-7-21)18-19-4-3-5-20-18/h3-5,14-15H,6-11H2,1-2H3,(H,24,25)/p-1/t14-,15-/m1/s1. The summed E-state index contributed by atoms with van der Waals surface area (Å²) in [5.74, 6) is -1.79. The summed E-state index contributed by atoms with van der Waals surface area (Å²) < 4.78 is 0. The number of amides is 1. The van der Waals surface area contributed by atoms with Crippen molar-refractivity contribution in [1.82, 2.24) is 14.9 Å². The minimum atomic E-state index is -1.12. The third-order valence-corrected chi connectivity index (χ3v) is 5.31. The normalized spacial score (nSPS) is 24.4. The topological polar surface area (TPSA) is 89.5 Å². The predicted molar refractivity (Wildman–Crippen MR) is 90.4 cm³/mol. The van der Waals surface area contributed by atoms with Gasteiger partial charge in [0.1, 0.15) is 0 Å². The number of anilines is 1. The molecule has 1 saturated heterocycles. The second-order valence-corrected chi connectivity index (χ2v) is 6.86. The lowest BCUT2D eigenvalue weighted by Crippen LogP contribution is -2.53. The van der Waals surface area contributed by atoms with Crippen molar-refractivity contribution in [2.75, 3.05) is 31.1 Å². The fraction of sp³-hybridized carbons (Fsp3) is 0.556. The fourth-order valence-corrected chi connectivity index (χ4v) is 3.62. The first-order chi connectivity index (χ1) is 12.0. The molecule has 0 unspecified atom stereocenters. The van der Waals surface area contributed by atoms with Crippen molar-refractivity contribution in [2.24, 2.45) is 11.8 Å². The van der Waals surface area contributed by atoms with Crippen LogP contribution in [0.4, 0.5) is 5.95 Å². The molecule has 2 aliphatic rings. The van der Waals surface area contributed by atoms with Crippen LogP contribution in [0.5, 0.6) is 0 Å². The van der Waals surface area contributed by atoms with Gasteiger partial charge >= 0.3 is 0 Å². The molecule has 25 heavy (non-hydrogen) atoms. The number of aromatic nitrogens is 2. The molecular weight excluding hydrogens is 320 g/mol. The third kappa shape index (κ3) is 3.65. The predicted octanol–water partition coefficient (Wildman–Crippen LogP) is 0.238. The van der Waals surface area contributed by atoms with Crippen molar-refractivity contribution in [3.05, 3.63) is 29.6 Å². The Morgan fingerprint density at radius 3 is 2.12 bits per heavy atom. The largest absolute Gasteiger partial charge is 0.550 e. The van der Waals surface area contributed by atoms with Crippen LogP contribution in [0, 0.1) is 11.8 Å². The lowest BCUT2D eigenvalue weighted by atomic mass is 9.76. The molecule has 2 atom stereocenters. The number of nitrogens with zero attached hydrogens (tertiary/aromatic N) is 4. The van der Waals surface area contributed by atoms with Crippen LogP contribution in [-0.4, -0.2) is 52.9 Å². The molecule has 0 aromatic carbocycles. The Hall–Kier alpha value is -2.44. The number of carbonyl (C=O) groups is 2. The molecule has 1 fully saturated rings. The first kappa shape index (κ1) is 17.4. The molecule has 3 rings (SSSR count). The average Bonchev–Trinajstić information content (AvgIpc) is 2.63. The molecule has 2 heterocycles. The van der Waals surface area contributed by atoms with Gasteiger partial charge in [0.2, 0.25) is 11.9 Å². The molecule has 134 valence electrons. The third-order valence-electron chi connectivity index (χ3n) is 5.31. The van der Waals surface area contributed by atoms with Crippen molar-refractivity contribution >= 4 is 17.8 Å². The molecule has 0 radical (unpaired) electrons. The number of carbonyl (C=O) groups excluding carboxylic acids is 2. The van der Waals surface area contributed by atoms with Gasteiger partial charge in [-0.3, -0.25) is 4.79 Å². The minimum Gasteiger partial charge on any atom is -0.550 e. The van der Waals surface area contributed by atoms with Crippen molar-refractivity contribution in [3.8, 4) is 0 Å². The lowest BCUT2D eigenvalue weighted by Gasteiger charge is -2.40. The number of hydrogen-bond acceptors (Lipinski definition) is 6.